The van der Waals surface area contributed by atoms with Crippen molar-refractivity contribution in [1.29, 1.82) is 0 Å². The second-order valence-electron chi connectivity index (χ2n) is 2.60. The molecule has 2 heteroatoms. The Morgan fingerprint density at radius 1 is 1.30 bits per heavy atom. The van der Waals surface area contributed by atoms with Crippen molar-refractivity contribution in [2.75, 3.05) is 19.6 Å². The van der Waals surface area contributed by atoms with Crippen molar-refractivity contribution < 1.29 is 4.39 Å². The van der Waals surface area contributed by atoms with Crippen LogP contribution >= 0.6 is 0 Å². The molecular formula is C8H18FN. The van der Waals surface area contributed by atoms with Crippen LogP contribution in [0.2, 0.25) is 0 Å². The van der Waals surface area contributed by atoms with E-state index in [0.29, 0.717) is 6.42 Å². The summed E-state index contributed by atoms with van der Waals surface area (Å²) in [5.41, 5.74) is 0. The summed E-state index contributed by atoms with van der Waals surface area (Å²) in [7, 11) is 0. The van der Waals surface area contributed by atoms with E-state index in [1.165, 1.54) is 0 Å². The molecule has 1 atom stereocenters. The zero-order valence-corrected chi connectivity index (χ0v) is 7.23. The average Bonchev–Trinajstić information content (AvgIpc) is 1.90. The van der Waals surface area contributed by atoms with Crippen LogP contribution in [-0.2, 0) is 0 Å². The summed E-state index contributed by atoms with van der Waals surface area (Å²) >= 11 is 0. The van der Waals surface area contributed by atoms with Gasteiger partial charge in [-0.2, -0.15) is 0 Å². The lowest BCUT2D eigenvalue weighted by Gasteiger charge is -2.17. The summed E-state index contributed by atoms with van der Waals surface area (Å²) in [5, 5.41) is 0. The van der Waals surface area contributed by atoms with Crippen LogP contribution < -0.4 is 0 Å². The minimum Gasteiger partial charge on any atom is -0.304 e. The first kappa shape index (κ1) is 9.89. The minimum absolute atomic E-state index is 0.652. The highest BCUT2D eigenvalue weighted by Crippen LogP contribution is 1.98. The first-order valence-corrected chi connectivity index (χ1v) is 4.07. The summed E-state index contributed by atoms with van der Waals surface area (Å²) in [6.07, 6.45) is 0.0161. The zero-order chi connectivity index (χ0) is 7.98. The molecule has 0 rings (SSSR count). The number of rotatable bonds is 5. The van der Waals surface area contributed by atoms with Crippen LogP contribution in [0.1, 0.15) is 27.2 Å². The van der Waals surface area contributed by atoms with Gasteiger partial charge in [0.15, 0.2) is 0 Å². The topological polar surface area (TPSA) is 3.24 Å². The van der Waals surface area contributed by atoms with Crippen LogP contribution in [0.15, 0.2) is 0 Å². The Balaban J connectivity index is 3.26. The molecule has 0 fully saturated rings. The Bertz CT molecular complexity index is 69.7. The molecule has 0 aromatic carbocycles. The molecule has 1 unspecified atom stereocenters. The predicted molar refractivity (Wildman–Crippen MR) is 43.0 cm³/mol. The van der Waals surface area contributed by atoms with E-state index in [9.17, 15) is 4.39 Å². The number of nitrogens with zero attached hydrogens (tertiary/aromatic N) is 1. The van der Waals surface area contributed by atoms with Crippen LogP contribution in [0.25, 0.3) is 0 Å². The molecule has 0 aliphatic carbocycles. The molecule has 0 saturated heterocycles. The van der Waals surface area contributed by atoms with Crippen molar-refractivity contribution in [3.05, 3.63) is 0 Å². The number of alkyl halides is 1. The molecule has 0 saturated carbocycles. The van der Waals surface area contributed by atoms with E-state index in [-0.39, 0.29) is 0 Å². The maximum atomic E-state index is 12.3. The highest BCUT2D eigenvalue weighted by atomic mass is 19.1. The van der Waals surface area contributed by atoms with Crippen molar-refractivity contribution in [2.24, 2.45) is 0 Å². The summed E-state index contributed by atoms with van der Waals surface area (Å²) in [4.78, 5) is 2.23. The fourth-order valence-electron chi connectivity index (χ4n) is 0.900. The van der Waals surface area contributed by atoms with Crippen molar-refractivity contribution in [3.63, 3.8) is 0 Å². The summed E-state index contributed by atoms with van der Waals surface area (Å²) in [6, 6.07) is 0. The van der Waals surface area contributed by atoms with Crippen LogP contribution in [0.3, 0.4) is 0 Å². The summed E-state index contributed by atoms with van der Waals surface area (Å²) < 4.78 is 12.3. The quantitative estimate of drug-likeness (QED) is 0.575. The van der Waals surface area contributed by atoms with Gasteiger partial charge in [-0.25, -0.2) is 4.39 Å². The second kappa shape index (κ2) is 5.66. The molecule has 10 heavy (non-hydrogen) atoms. The van der Waals surface area contributed by atoms with E-state index in [2.05, 4.69) is 18.7 Å². The molecule has 0 radical (unpaired) electrons. The smallest absolute Gasteiger partial charge is 0.0985 e. The van der Waals surface area contributed by atoms with Gasteiger partial charge in [0.1, 0.15) is 0 Å². The normalized spacial score (nSPS) is 14.1. The van der Waals surface area contributed by atoms with Crippen LogP contribution in [0, 0.1) is 0 Å². The van der Waals surface area contributed by atoms with Gasteiger partial charge in [0, 0.05) is 6.54 Å². The highest BCUT2D eigenvalue weighted by Gasteiger charge is 2.01. The predicted octanol–water partition coefficient (Wildman–Crippen LogP) is 2.08. The molecule has 0 heterocycles. The lowest BCUT2D eigenvalue weighted by atomic mass is 10.3. The first-order chi connectivity index (χ1) is 4.70. The molecule has 0 N–H and O–H groups in total. The van der Waals surface area contributed by atoms with Gasteiger partial charge in [0.2, 0.25) is 0 Å². The Labute approximate surface area is 63.2 Å². The van der Waals surface area contributed by atoms with E-state index in [1.807, 2.05) is 0 Å². The largest absolute Gasteiger partial charge is 0.304 e. The molecule has 0 aromatic rings. The molecule has 0 spiro atoms. The Morgan fingerprint density at radius 3 is 2.10 bits per heavy atom. The maximum Gasteiger partial charge on any atom is 0.0985 e. The standard InChI is InChI=1S/C8H18FN/c1-4-10(5-2)7-6-8(3)9/h8H,4-7H2,1-3H3. The maximum absolute atomic E-state index is 12.3. The van der Waals surface area contributed by atoms with Crippen LogP contribution in [0.5, 0.6) is 0 Å². The number of halogens is 1. The van der Waals surface area contributed by atoms with E-state index in [4.69, 9.17) is 0 Å². The lowest BCUT2D eigenvalue weighted by Crippen LogP contribution is -2.25. The second-order valence-corrected chi connectivity index (χ2v) is 2.60. The highest BCUT2D eigenvalue weighted by molar-refractivity contribution is 4.55. The van der Waals surface area contributed by atoms with Gasteiger partial charge < -0.3 is 4.90 Å². The van der Waals surface area contributed by atoms with Crippen molar-refractivity contribution >= 4 is 0 Å². The summed E-state index contributed by atoms with van der Waals surface area (Å²) in [5.74, 6) is 0. The molecule has 62 valence electrons. The van der Waals surface area contributed by atoms with Gasteiger partial charge in [0.25, 0.3) is 0 Å². The minimum atomic E-state index is -0.652. The van der Waals surface area contributed by atoms with Gasteiger partial charge >= 0.3 is 0 Å². The summed E-state index contributed by atoms with van der Waals surface area (Å²) in [6.45, 7) is 8.78. The lowest BCUT2D eigenvalue weighted by molar-refractivity contribution is 0.249. The third-order valence-corrected chi connectivity index (χ3v) is 1.74. The zero-order valence-electron chi connectivity index (χ0n) is 7.23. The molecule has 1 nitrogen and oxygen atoms in total. The molecule has 0 aliphatic heterocycles. The van der Waals surface area contributed by atoms with Gasteiger partial charge in [-0.05, 0) is 26.4 Å². The molecular weight excluding hydrogens is 129 g/mol. The average molecular weight is 147 g/mol. The monoisotopic (exact) mass is 147 g/mol. The van der Waals surface area contributed by atoms with E-state index < -0.39 is 6.17 Å². The van der Waals surface area contributed by atoms with E-state index in [1.54, 1.807) is 6.92 Å². The molecule has 0 aliphatic rings. The van der Waals surface area contributed by atoms with Gasteiger partial charge in [-0.1, -0.05) is 13.8 Å². The number of hydrogen-bond acceptors (Lipinski definition) is 1. The van der Waals surface area contributed by atoms with Crippen molar-refractivity contribution in [1.82, 2.24) is 4.90 Å². The van der Waals surface area contributed by atoms with Gasteiger partial charge in [-0.15, -0.1) is 0 Å². The Morgan fingerprint density at radius 2 is 1.80 bits per heavy atom. The fourth-order valence-corrected chi connectivity index (χ4v) is 0.900. The Kier molecular flexibility index (Phi) is 5.60. The fraction of sp³-hybridized carbons (Fsp3) is 1.00. The van der Waals surface area contributed by atoms with Crippen LogP contribution in [0.4, 0.5) is 4.39 Å². The first-order valence-electron chi connectivity index (χ1n) is 4.07. The van der Waals surface area contributed by atoms with E-state index >= 15 is 0 Å². The van der Waals surface area contributed by atoms with Crippen molar-refractivity contribution in [2.45, 2.75) is 33.4 Å². The third-order valence-electron chi connectivity index (χ3n) is 1.74. The van der Waals surface area contributed by atoms with Gasteiger partial charge in [-0.3, -0.25) is 0 Å². The number of hydrogen-bond donors (Lipinski definition) is 0. The van der Waals surface area contributed by atoms with E-state index in [0.717, 1.165) is 19.6 Å². The van der Waals surface area contributed by atoms with Gasteiger partial charge in [0.05, 0.1) is 6.17 Å². The van der Waals surface area contributed by atoms with Crippen LogP contribution in [-0.4, -0.2) is 30.7 Å². The Hall–Kier alpha value is -0.110. The van der Waals surface area contributed by atoms with Crippen molar-refractivity contribution in [3.8, 4) is 0 Å². The molecule has 0 aromatic heterocycles. The SMILES string of the molecule is CCN(CC)CCC(C)F. The molecule has 0 bridgehead atoms. The molecule has 0 amide bonds. The third kappa shape index (κ3) is 4.74.